The summed E-state index contributed by atoms with van der Waals surface area (Å²) in [5.41, 5.74) is 7.84. The van der Waals surface area contributed by atoms with Crippen LogP contribution >= 0.6 is 0 Å². The minimum absolute atomic E-state index is 0.0124. The molecule has 0 aromatic heterocycles. The fourth-order valence-corrected chi connectivity index (χ4v) is 2.58. The predicted molar refractivity (Wildman–Crippen MR) is 112 cm³/mol. The molecule has 0 fully saturated rings. The van der Waals surface area contributed by atoms with Crippen LogP contribution in [0.3, 0.4) is 0 Å². The van der Waals surface area contributed by atoms with E-state index in [1.165, 1.54) is 0 Å². The lowest BCUT2D eigenvalue weighted by molar-refractivity contribution is -0.124. The molecule has 0 aliphatic heterocycles. The Balaban J connectivity index is 1.73. The van der Waals surface area contributed by atoms with Gasteiger partial charge in [-0.1, -0.05) is 24.6 Å². The fourth-order valence-electron chi connectivity index (χ4n) is 2.58. The zero-order valence-corrected chi connectivity index (χ0v) is 17.0. The van der Waals surface area contributed by atoms with Crippen LogP contribution in [0.2, 0.25) is 0 Å². The van der Waals surface area contributed by atoms with Crippen molar-refractivity contribution in [1.82, 2.24) is 10.9 Å². The van der Waals surface area contributed by atoms with Crippen molar-refractivity contribution in [3.05, 3.63) is 59.2 Å². The molecule has 154 valence electrons. The lowest BCUT2D eigenvalue weighted by Crippen LogP contribution is -2.41. The predicted octanol–water partition coefficient (Wildman–Crippen LogP) is 3.27. The summed E-state index contributed by atoms with van der Waals surface area (Å²) in [7, 11) is 0. The largest absolute Gasteiger partial charge is 0.494 e. The van der Waals surface area contributed by atoms with Crippen molar-refractivity contribution in [2.45, 2.75) is 40.0 Å². The van der Waals surface area contributed by atoms with Crippen molar-refractivity contribution >= 4 is 23.4 Å². The third kappa shape index (κ3) is 7.29. The number of nitrogens with one attached hydrogen (secondary N) is 3. The molecule has 29 heavy (non-hydrogen) atoms. The van der Waals surface area contributed by atoms with E-state index in [9.17, 15) is 14.4 Å². The molecule has 2 aromatic rings. The second kappa shape index (κ2) is 10.8. The maximum absolute atomic E-state index is 12.1. The normalized spacial score (nSPS) is 10.2. The van der Waals surface area contributed by atoms with Crippen LogP contribution in [-0.2, 0) is 9.59 Å². The van der Waals surface area contributed by atoms with Crippen molar-refractivity contribution in [1.29, 1.82) is 0 Å². The molecule has 0 unspecified atom stereocenters. The van der Waals surface area contributed by atoms with E-state index in [0.717, 1.165) is 23.2 Å². The summed E-state index contributed by atoms with van der Waals surface area (Å²) in [6, 6.07) is 12.3. The summed E-state index contributed by atoms with van der Waals surface area (Å²) in [5, 5.41) is 2.79. The first-order valence-electron chi connectivity index (χ1n) is 9.58. The molecule has 7 heteroatoms. The molecular formula is C22H27N3O4. The van der Waals surface area contributed by atoms with Gasteiger partial charge in [0, 0.05) is 24.1 Å². The van der Waals surface area contributed by atoms with Gasteiger partial charge >= 0.3 is 0 Å². The van der Waals surface area contributed by atoms with Gasteiger partial charge in [-0.25, -0.2) is 0 Å². The van der Waals surface area contributed by atoms with Gasteiger partial charge in [-0.3, -0.25) is 25.2 Å². The topological polar surface area (TPSA) is 96.5 Å². The van der Waals surface area contributed by atoms with Crippen LogP contribution in [0.25, 0.3) is 0 Å². The minimum Gasteiger partial charge on any atom is -0.494 e. The molecule has 0 aliphatic rings. The fraction of sp³-hybridized carbons (Fsp3) is 0.318. The van der Waals surface area contributed by atoms with Gasteiger partial charge in [-0.2, -0.15) is 0 Å². The number of amides is 3. The lowest BCUT2D eigenvalue weighted by Gasteiger charge is -2.10. The molecule has 2 rings (SSSR count). The Morgan fingerprint density at radius 2 is 1.59 bits per heavy atom. The van der Waals surface area contributed by atoms with Crippen LogP contribution in [0.4, 0.5) is 5.69 Å². The maximum Gasteiger partial charge on any atom is 0.269 e. The van der Waals surface area contributed by atoms with Crippen molar-refractivity contribution in [3.8, 4) is 5.75 Å². The molecule has 0 radical (unpaired) electrons. The zero-order chi connectivity index (χ0) is 21.2. The van der Waals surface area contributed by atoms with E-state index in [1.54, 1.807) is 24.3 Å². The highest BCUT2D eigenvalue weighted by Gasteiger charge is 2.11. The summed E-state index contributed by atoms with van der Waals surface area (Å²) in [6.07, 6.45) is 0.871. The van der Waals surface area contributed by atoms with E-state index in [0.29, 0.717) is 17.9 Å². The third-order valence-corrected chi connectivity index (χ3v) is 4.14. The minimum atomic E-state index is -0.447. The summed E-state index contributed by atoms with van der Waals surface area (Å²) >= 11 is 0. The first-order valence-corrected chi connectivity index (χ1v) is 9.58. The molecule has 7 nitrogen and oxygen atoms in total. The van der Waals surface area contributed by atoms with E-state index >= 15 is 0 Å². The zero-order valence-electron chi connectivity index (χ0n) is 17.0. The van der Waals surface area contributed by atoms with Crippen molar-refractivity contribution in [2.75, 3.05) is 11.9 Å². The number of ether oxygens (including phenoxy) is 1. The van der Waals surface area contributed by atoms with Gasteiger partial charge < -0.3 is 10.1 Å². The van der Waals surface area contributed by atoms with Crippen molar-refractivity contribution in [3.63, 3.8) is 0 Å². The Bertz CT molecular complexity index is 863. The lowest BCUT2D eigenvalue weighted by atomic mass is 10.1. The molecule has 3 amide bonds. The monoisotopic (exact) mass is 397 g/mol. The van der Waals surface area contributed by atoms with Crippen LogP contribution in [-0.4, -0.2) is 24.3 Å². The van der Waals surface area contributed by atoms with Gasteiger partial charge in [0.2, 0.25) is 11.8 Å². The number of rotatable bonds is 8. The number of aryl methyl sites for hydroxylation is 2. The quantitative estimate of drug-likeness (QED) is 0.596. The average molecular weight is 397 g/mol. The van der Waals surface area contributed by atoms with E-state index in [4.69, 9.17) is 4.74 Å². The summed E-state index contributed by atoms with van der Waals surface area (Å²) in [6.45, 7) is 6.51. The van der Waals surface area contributed by atoms with Crippen LogP contribution in [0.5, 0.6) is 5.75 Å². The summed E-state index contributed by atoms with van der Waals surface area (Å²) < 4.78 is 5.46. The van der Waals surface area contributed by atoms with Crippen LogP contribution in [0.15, 0.2) is 42.5 Å². The third-order valence-electron chi connectivity index (χ3n) is 4.14. The standard InChI is InChI=1S/C22H27N3O4/c1-4-13-29-18-8-6-17(7-9-18)22(28)25-24-21(27)12-11-20(26)23-19-10-5-15(2)14-16(19)3/h5-10,14H,4,11-13H2,1-3H3,(H,23,26)(H,24,27)(H,25,28). The van der Waals surface area contributed by atoms with Crippen molar-refractivity contribution < 1.29 is 19.1 Å². The molecule has 0 saturated heterocycles. The molecular weight excluding hydrogens is 370 g/mol. The molecule has 0 atom stereocenters. The van der Waals surface area contributed by atoms with Gasteiger partial charge in [-0.05, 0) is 56.2 Å². The molecule has 0 saturated carbocycles. The van der Waals surface area contributed by atoms with Crippen molar-refractivity contribution in [2.24, 2.45) is 0 Å². The van der Waals surface area contributed by atoms with Gasteiger partial charge in [-0.15, -0.1) is 0 Å². The Labute approximate surface area is 170 Å². The van der Waals surface area contributed by atoms with Crippen LogP contribution < -0.4 is 20.9 Å². The Kier molecular flexibility index (Phi) is 8.21. The summed E-state index contributed by atoms with van der Waals surface area (Å²) in [4.78, 5) is 36.0. The Morgan fingerprint density at radius 3 is 2.24 bits per heavy atom. The van der Waals surface area contributed by atoms with Gasteiger partial charge in [0.15, 0.2) is 0 Å². The van der Waals surface area contributed by atoms with E-state index in [1.807, 2.05) is 39.0 Å². The number of carbonyl (C=O) groups excluding carboxylic acids is 3. The SMILES string of the molecule is CCCOc1ccc(C(=O)NNC(=O)CCC(=O)Nc2ccc(C)cc2C)cc1. The highest BCUT2D eigenvalue weighted by molar-refractivity contribution is 5.96. The number of benzene rings is 2. The van der Waals surface area contributed by atoms with Gasteiger partial charge in [0.1, 0.15) is 5.75 Å². The second-order valence-corrected chi connectivity index (χ2v) is 6.74. The first kappa shape index (κ1) is 21.9. The number of carbonyl (C=O) groups is 3. The smallest absolute Gasteiger partial charge is 0.269 e. The Morgan fingerprint density at radius 1 is 0.897 bits per heavy atom. The van der Waals surface area contributed by atoms with Crippen LogP contribution in [0.1, 0.15) is 47.7 Å². The molecule has 0 aliphatic carbocycles. The van der Waals surface area contributed by atoms with E-state index < -0.39 is 11.8 Å². The first-order chi connectivity index (χ1) is 13.9. The second-order valence-electron chi connectivity index (χ2n) is 6.74. The number of hydrazine groups is 1. The average Bonchev–Trinajstić information content (AvgIpc) is 2.71. The highest BCUT2D eigenvalue weighted by Crippen LogP contribution is 2.16. The molecule has 0 spiro atoms. The molecule has 0 heterocycles. The highest BCUT2D eigenvalue weighted by atomic mass is 16.5. The van der Waals surface area contributed by atoms with Gasteiger partial charge in [0.25, 0.3) is 5.91 Å². The van der Waals surface area contributed by atoms with E-state index in [-0.39, 0.29) is 18.7 Å². The van der Waals surface area contributed by atoms with Crippen LogP contribution in [0, 0.1) is 13.8 Å². The Hall–Kier alpha value is -3.35. The van der Waals surface area contributed by atoms with Gasteiger partial charge in [0.05, 0.1) is 6.61 Å². The van der Waals surface area contributed by atoms with E-state index in [2.05, 4.69) is 16.2 Å². The summed E-state index contributed by atoms with van der Waals surface area (Å²) in [5.74, 6) is -0.472. The maximum atomic E-state index is 12.1. The molecule has 0 bridgehead atoms. The molecule has 2 aromatic carbocycles. The number of hydrogen-bond donors (Lipinski definition) is 3. The molecule has 3 N–H and O–H groups in total. The number of hydrogen-bond acceptors (Lipinski definition) is 4. The number of anilines is 1.